The van der Waals surface area contributed by atoms with E-state index >= 15 is 0 Å². The molecule has 0 spiro atoms. The highest BCUT2D eigenvalue weighted by Crippen LogP contribution is 2.19. The van der Waals surface area contributed by atoms with Crippen molar-refractivity contribution in [3.8, 4) is 0 Å². The third-order valence-electron chi connectivity index (χ3n) is 3.75. The quantitative estimate of drug-likeness (QED) is 0.839. The molecule has 1 aromatic carbocycles. The van der Waals surface area contributed by atoms with Gasteiger partial charge in [-0.05, 0) is 36.8 Å². The summed E-state index contributed by atoms with van der Waals surface area (Å²) in [6.45, 7) is 6.27. The van der Waals surface area contributed by atoms with Crippen LogP contribution in [0.2, 0.25) is 0 Å². The Morgan fingerprint density at radius 2 is 2.21 bits per heavy atom. The second-order valence-corrected chi connectivity index (χ2v) is 6.49. The maximum absolute atomic E-state index is 12.1. The Hall–Kier alpha value is -0.960. The summed E-state index contributed by atoms with van der Waals surface area (Å²) in [4.78, 5) is 14.2. The van der Waals surface area contributed by atoms with Gasteiger partial charge < -0.3 is 4.90 Å². The summed E-state index contributed by atoms with van der Waals surface area (Å²) in [6.07, 6.45) is 2.43. The molecule has 0 aliphatic carbocycles. The Morgan fingerprint density at radius 1 is 1.42 bits per heavy atom. The van der Waals surface area contributed by atoms with E-state index in [2.05, 4.69) is 38.1 Å². The lowest BCUT2D eigenvalue weighted by Gasteiger charge is -2.30. The smallest absolute Gasteiger partial charge is 0.232 e. The molecule has 1 fully saturated rings. The Morgan fingerprint density at radius 3 is 2.95 bits per heavy atom. The number of piperidine rings is 1. The van der Waals surface area contributed by atoms with Crippen molar-refractivity contribution in [3.63, 3.8) is 0 Å². The fraction of sp³-hybridized carbons (Fsp3) is 0.562. The summed E-state index contributed by atoms with van der Waals surface area (Å²) in [5, 5.41) is 0. The maximum atomic E-state index is 12.1. The van der Waals surface area contributed by atoms with Crippen LogP contribution >= 0.6 is 11.8 Å². The molecule has 104 valence electrons. The van der Waals surface area contributed by atoms with Crippen LogP contribution in [0.3, 0.4) is 0 Å². The van der Waals surface area contributed by atoms with Crippen molar-refractivity contribution in [2.24, 2.45) is 5.92 Å². The van der Waals surface area contributed by atoms with Crippen molar-refractivity contribution < 1.29 is 4.79 Å². The highest BCUT2D eigenvalue weighted by molar-refractivity contribution is 7.99. The molecule has 0 saturated carbocycles. The Kier molecular flexibility index (Phi) is 5.32. The molecular formula is C16H23NOS. The van der Waals surface area contributed by atoms with Crippen molar-refractivity contribution in [1.82, 2.24) is 4.90 Å². The van der Waals surface area contributed by atoms with Gasteiger partial charge in [-0.25, -0.2) is 0 Å². The number of hydrogen-bond donors (Lipinski definition) is 0. The molecule has 1 aliphatic rings. The van der Waals surface area contributed by atoms with Crippen LogP contribution in [0.15, 0.2) is 24.3 Å². The number of nitrogens with zero attached hydrogens (tertiary/aromatic N) is 1. The number of benzene rings is 1. The van der Waals surface area contributed by atoms with Crippen LogP contribution in [0.25, 0.3) is 0 Å². The number of hydrogen-bond acceptors (Lipinski definition) is 2. The van der Waals surface area contributed by atoms with Gasteiger partial charge in [-0.1, -0.05) is 31.2 Å². The van der Waals surface area contributed by atoms with E-state index in [1.54, 1.807) is 11.8 Å². The molecule has 0 bridgehead atoms. The SMILES string of the molecule is Cc1ccccc1CSCC(=O)N1CCCC(C)C1. The second-order valence-electron chi connectivity index (χ2n) is 5.51. The van der Waals surface area contributed by atoms with Crippen LogP contribution in [0.1, 0.15) is 30.9 Å². The molecule has 0 aromatic heterocycles. The average Bonchev–Trinajstić information content (AvgIpc) is 2.41. The molecule has 19 heavy (non-hydrogen) atoms. The number of likely N-dealkylation sites (tertiary alicyclic amines) is 1. The normalized spacial score (nSPS) is 19.5. The summed E-state index contributed by atoms with van der Waals surface area (Å²) in [7, 11) is 0. The molecule has 1 atom stereocenters. The number of carbonyl (C=O) groups excluding carboxylic acids is 1. The van der Waals surface area contributed by atoms with Gasteiger partial charge in [0.25, 0.3) is 0 Å². The Bertz CT molecular complexity index is 433. The van der Waals surface area contributed by atoms with Gasteiger partial charge in [0.05, 0.1) is 5.75 Å². The molecule has 0 radical (unpaired) electrons. The molecule has 1 unspecified atom stereocenters. The zero-order chi connectivity index (χ0) is 13.7. The van der Waals surface area contributed by atoms with Crippen molar-refractivity contribution >= 4 is 17.7 Å². The van der Waals surface area contributed by atoms with Crippen LogP contribution in [-0.4, -0.2) is 29.6 Å². The van der Waals surface area contributed by atoms with Gasteiger partial charge in [0, 0.05) is 18.8 Å². The van der Waals surface area contributed by atoms with E-state index in [1.807, 2.05) is 4.90 Å². The lowest BCUT2D eigenvalue weighted by Crippen LogP contribution is -2.40. The van der Waals surface area contributed by atoms with Gasteiger partial charge >= 0.3 is 0 Å². The number of amides is 1. The minimum atomic E-state index is 0.310. The first-order valence-corrected chi connectivity index (χ1v) is 8.22. The highest BCUT2D eigenvalue weighted by atomic mass is 32.2. The molecule has 1 aromatic rings. The lowest BCUT2D eigenvalue weighted by molar-refractivity contribution is -0.130. The lowest BCUT2D eigenvalue weighted by atomic mass is 10.0. The van der Waals surface area contributed by atoms with Crippen LogP contribution in [0.5, 0.6) is 0 Å². The van der Waals surface area contributed by atoms with E-state index < -0.39 is 0 Å². The van der Waals surface area contributed by atoms with E-state index in [4.69, 9.17) is 0 Å². The van der Waals surface area contributed by atoms with E-state index in [-0.39, 0.29) is 0 Å². The van der Waals surface area contributed by atoms with Crippen LogP contribution in [-0.2, 0) is 10.5 Å². The van der Waals surface area contributed by atoms with E-state index in [9.17, 15) is 4.79 Å². The van der Waals surface area contributed by atoms with Gasteiger partial charge in [-0.3, -0.25) is 4.79 Å². The van der Waals surface area contributed by atoms with Crippen LogP contribution in [0.4, 0.5) is 0 Å². The van der Waals surface area contributed by atoms with Gasteiger partial charge in [-0.2, -0.15) is 0 Å². The summed E-state index contributed by atoms with van der Waals surface area (Å²) >= 11 is 1.73. The minimum Gasteiger partial charge on any atom is -0.342 e. The van der Waals surface area contributed by atoms with Gasteiger partial charge in [0.2, 0.25) is 5.91 Å². The largest absolute Gasteiger partial charge is 0.342 e. The van der Waals surface area contributed by atoms with Crippen molar-refractivity contribution in [3.05, 3.63) is 35.4 Å². The third kappa shape index (κ3) is 4.27. The fourth-order valence-electron chi connectivity index (χ4n) is 2.53. The standard InChI is InChI=1S/C16H23NOS/c1-13-6-5-9-17(10-13)16(18)12-19-11-15-8-4-3-7-14(15)2/h3-4,7-8,13H,5-6,9-12H2,1-2H3. The molecule has 1 amide bonds. The van der Waals surface area contributed by atoms with Crippen molar-refractivity contribution in [1.29, 1.82) is 0 Å². The predicted molar refractivity (Wildman–Crippen MR) is 82.3 cm³/mol. The highest BCUT2D eigenvalue weighted by Gasteiger charge is 2.20. The molecule has 1 saturated heterocycles. The van der Waals surface area contributed by atoms with E-state index in [0.29, 0.717) is 17.6 Å². The summed E-state index contributed by atoms with van der Waals surface area (Å²) in [6, 6.07) is 8.40. The predicted octanol–water partition coefficient (Wildman–Crippen LogP) is 3.49. The number of rotatable bonds is 4. The van der Waals surface area contributed by atoms with Gasteiger partial charge in [-0.15, -0.1) is 11.8 Å². The molecule has 2 rings (SSSR count). The molecule has 2 nitrogen and oxygen atoms in total. The summed E-state index contributed by atoms with van der Waals surface area (Å²) in [5.41, 5.74) is 2.65. The zero-order valence-electron chi connectivity index (χ0n) is 11.9. The zero-order valence-corrected chi connectivity index (χ0v) is 12.7. The number of thioether (sulfide) groups is 1. The van der Waals surface area contributed by atoms with Gasteiger partial charge in [0.1, 0.15) is 0 Å². The summed E-state index contributed by atoms with van der Waals surface area (Å²) in [5.74, 6) is 2.52. The molecular weight excluding hydrogens is 254 g/mol. The monoisotopic (exact) mass is 277 g/mol. The molecule has 3 heteroatoms. The van der Waals surface area contributed by atoms with Crippen LogP contribution in [0, 0.1) is 12.8 Å². The first kappa shape index (κ1) is 14.4. The first-order valence-electron chi connectivity index (χ1n) is 7.07. The van der Waals surface area contributed by atoms with Gasteiger partial charge in [0.15, 0.2) is 0 Å². The first-order chi connectivity index (χ1) is 9.16. The minimum absolute atomic E-state index is 0.310. The summed E-state index contributed by atoms with van der Waals surface area (Å²) < 4.78 is 0. The van der Waals surface area contributed by atoms with E-state index in [1.165, 1.54) is 17.5 Å². The Labute approximate surface area is 120 Å². The number of carbonyl (C=O) groups is 1. The number of aryl methyl sites for hydroxylation is 1. The molecule has 1 heterocycles. The third-order valence-corrected chi connectivity index (χ3v) is 4.72. The van der Waals surface area contributed by atoms with Crippen molar-refractivity contribution in [2.75, 3.05) is 18.8 Å². The maximum Gasteiger partial charge on any atom is 0.232 e. The second kappa shape index (κ2) is 6.99. The van der Waals surface area contributed by atoms with Crippen molar-refractivity contribution in [2.45, 2.75) is 32.4 Å². The Balaban J connectivity index is 1.76. The average molecular weight is 277 g/mol. The molecule has 1 aliphatic heterocycles. The van der Waals surface area contributed by atoms with E-state index in [0.717, 1.165) is 25.3 Å². The topological polar surface area (TPSA) is 20.3 Å². The fourth-order valence-corrected chi connectivity index (χ4v) is 3.53. The van der Waals surface area contributed by atoms with Crippen LogP contribution < -0.4 is 0 Å². The molecule has 0 N–H and O–H groups in total.